The Hall–Kier alpha value is -5.44. The van der Waals surface area contributed by atoms with Gasteiger partial charge in [-0.3, -0.25) is 19.3 Å². The number of halogens is 3. The van der Waals surface area contributed by atoms with Crippen LogP contribution in [0.5, 0.6) is 5.75 Å². The smallest absolute Gasteiger partial charge is 0.313 e. The maximum absolute atomic E-state index is 13.8. The Morgan fingerprint density at radius 2 is 1.29 bits per heavy atom. The van der Waals surface area contributed by atoms with Crippen LogP contribution in [0.15, 0.2) is 48.7 Å². The number of esters is 1. The van der Waals surface area contributed by atoms with E-state index in [0.29, 0.717) is 147 Å². The Morgan fingerprint density at radius 1 is 0.679 bits per heavy atom. The van der Waals surface area contributed by atoms with Gasteiger partial charge in [0.1, 0.15) is 17.5 Å². The number of carbonyl (C=O) groups is 3. The third-order valence-corrected chi connectivity index (χ3v) is 16.4. The highest BCUT2D eigenvalue weighted by Crippen LogP contribution is 2.73. The van der Waals surface area contributed by atoms with E-state index < -0.39 is 29.2 Å². The van der Waals surface area contributed by atoms with E-state index in [4.69, 9.17) is 37.9 Å². The van der Waals surface area contributed by atoms with Crippen molar-refractivity contribution in [2.75, 3.05) is 112 Å². The lowest BCUT2D eigenvalue weighted by Crippen LogP contribution is -2.85. The van der Waals surface area contributed by atoms with Gasteiger partial charge in [-0.2, -0.15) is 0 Å². The van der Waals surface area contributed by atoms with Crippen LogP contribution < -0.4 is 15.4 Å². The number of carbonyl (C=O) groups excluding carboxylic acids is 3. The normalized spacial score (nSPS) is 21.1. The number of nitrogens with zero attached hydrogens (tertiary/aromatic N) is 7. The number of likely N-dealkylation sites (tertiary alicyclic amines) is 1. The zero-order valence-corrected chi connectivity index (χ0v) is 49.0. The topological polar surface area (TPSA) is 223 Å². The molecule has 2 N–H and O–H groups in total. The van der Waals surface area contributed by atoms with Crippen molar-refractivity contribution in [1.82, 2.24) is 45.3 Å². The van der Waals surface area contributed by atoms with Gasteiger partial charge in [0.05, 0.1) is 130 Å². The minimum absolute atomic E-state index is 0.00443. The highest BCUT2D eigenvalue weighted by atomic mass is 19.1. The maximum Gasteiger partial charge on any atom is 0.313 e. The summed E-state index contributed by atoms with van der Waals surface area (Å²) in [7, 11) is 0. The van der Waals surface area contributed by atoms with Gasteiger partial charge in [-0.15, -0.1) is 15.3 Å². The minimum Gasteiger partial charge on any atom is -0.420 e. The highest BCUT2D eigenvalue weighted by Gasteiger charge is 2.75. The number of hydrogen-bond donors (Lipinski definition) is 2. The average molecular weight is 1180 g/mol. The summed E-state index contributed by atoms with van der Waals surface area (Å²) in [5.74, 6) is -3.11. The van der Waals surface area contributed by atoms with Crippen LogP contribution in [0.1, 0.15) is 125 Å². The minimum atomic E-state index is -1.30. The number of piperidine rings is 2. The largest absolute Gasteiger partial charge is 0.420 e. The second-order valence-electron chi connectivity index (χ2n) is 22.3. The zero-order valence-electron chi connectivity index (χ0n) is 49.0. The van der Waals surface area contributed by atoms with Gasteiger partial charge in [0.25, 0.3) is 0 Å². The fourth-order valence-electron chi connectivity index (χ4n) is 12.1. The van der Waals surface area contributed by atoms with E-state index in [1.54, 1.807) is 4.68 Å². The van der Waals surface area contributed by atoms with E-state index in [-0.39, 0.29) is 56.1 Å². The third-order valence-electron chi connectivity index (χ3n) is 16.4. The molecule has 0 radical (unpaired) electrons. The van der Waals surface area contributed by atoms with E-state index in [1.807, 2.05) is 12.3 Å². The molecule has 0 bridgehead atoms. The van der Waals surface area contributed by atoms with Gasteiger partial charge in [0.2, 0.25) is 17.6 Å². The standard InChI is InChI=1S/C60H86F3N9O12/c1-42(2)58-68-66-43(3)72(58)54-40-53-60(54)18-15-52(60)71(53)19-16-51(44-9-5-4-6-10-44)65-59(75)45-13-14-47(37-45)64-55(73)12-8-7-11-48-41-70(69-67-48)20-22-77-24-26-79-28-30-81-32-34-83-36-35-82-33-31-80-29-27-78-25-23-76-21-17-56(74)84-57-49(62)38-46(61)39-50(57)63/h4-6,9-10,38-39,41-42,45,47,51-54H,7-8,11-37,40H2,1-3H3,(H,64,73)(H,65,75)/t45-,47+,51+,52?,53?,54?,60?/m1/s1. The molecule has 21 nitrogen and oxygen atoms in total. The molecule has 3 aliphatic carbocycles. The number of unbranched alkanes of at least 4 members (excludes halogenated alkanes) is 1. The Kier molecular flexibility index (Phi) is 25.7. The van der Waals surface area contributed by atoms with Crippen LogP contribution in [0.2, 0.25) is 0 Å². The van der Waals surface area contributed by atoms with E-state index in [2.05, 4.69) is 90.4 Å². The summed E-state index contributed by atoms with van der Waals surface area (Å²) in [6.07, 6.45) is 11.1. The maximum atomic E-state index is 13.8. The van der Waals surface area contributed by atoms with Crippen molar-refractivity contribution in [3.63, 3.8) is 0 Å². The second-order valence-corrected chi connectivity index (χ2v) is 22.3. The van der Waals surface area contributed by atoms with Gasteiger partial charge in [-0.05, 0) is 76.7 Å². The van der Waals surface area contributed by atoms with Gasteiger partial charge in [-0.1, -0.05) is 49.4 Å². The molecule has 84 heavy (non-hydrogen) atoms. The van der Waals surface area contributed by atoms with E-state index >= 15 is 0 Å². The van der Waals surface area contributed by atoms with Crippen molar-refractivity contribution in [3.8, 4) is 5.75 Å². The Morgan fingerprint density at radius 3 is 1.87 bits per heavy atom. The molecule has 4 fully saturated rings. The molecule has 7 atom stereocenters. The van der Waals surface area contributed by atoms with Crippen LogP contribution in [0.3, 0.4) is 0 Å². The van der Waals surface area contributed by atoms with Crippen molar-refractivity contribution in [2.45, 2.75) is 140 Å². The van der Waals surface area contributed by atoms with Crippen molar-refractivity contribution < 1.29 is 70.2 Å². The molecule has 4 unspecified atom stereocenters. The van der Waals surface area contributed by atoms with E-state index in [0.717, 1.165) is 74.4 Å². The summed E-state index contributed by atoms with van der Waals surface area (Å²) < 4.78 is 92.9. The predicted octanol–water partition coefficient (Wildman–Crippen LogP) is 6.57. The van der Waals surface area contributed by atoms with Crippen molar-refractivity contribution in [2.24, 2.45) is 11.3 Å². The van der Waals surface area contributed by atoms with Crippen LogP contribution >= 0.6 is 0 Å². The molecule has 2 aromatic heterocycles. The summed E-state index contributed by atoms with van der Waals surface area (Å²) in [5, 5.41) is 24.2. The average Bonchev–Trinajstić information content (AvgIpc) is 0.755. The van der Waals surface area contributed by atoms with E-state index in [9.17, 15) is 27.6 Å². The monoisotopic (exact) mass is 1180 g/mol. The van der Waals surface area contributed by atoms with Gasteiger partial charge in [0, 0.05) is 72.7 Å². The lowest BCUT2D eigenvalue weighted by Gasteiger charge is -2.80. The zero-order chi connectivity index (χ0) is 59.1. The fourth-order valence-corrected chi connectivity index (χ4v) is 12.1. The van der Waals surface area contributed by atoms with Crippen LogP contribution in [0.25, 0.3) is 0 Å². The van der Waals surface area contributed by atoms with Crippen molar-refractivity contribution >= 4 is 17.8 Å². The Bertz CT molecular complexity index is 2620. The Balaban J connectivity index is 0.558. The number of amides is 2. The van der Waals surface area contributed by atoms with Gasteiger partial charge in [-0.25, -0.2) is 17.9 Å². The molecule has 1 aliphatic heterocycles. The molecular weight excluding hydrogens is 1100 g/mol. The molecule has 464 valence electrons. The SMILES string of the molecule is Cc1nnc(C(C)C)n1C1CC2N(CC[C@H](NC(=O)[C@@H]3CC[C@H](NC(=O)CCCCc4cn(CCOCCOCCOCCOCCOCCOCCOCCOCCC(=O)Oc5c(F)cc(F)cc5F)nn4)C3)c3ccccc3)C3CCC321. The molecular formula is C60H86F3N9O12. The van der Waals surface area contributed by atoms with Gasteiger partial charge < -0.3 is 57.8 Å². The summed E-state index contributed by atoms with van der Waals surface area (Å²) in [4.78, 5) is 41.3. The van der Waals surface area contributed by atoms with Gasteiger partial charge in [0.15, 0.2) is 11.6 Å². The summed E-state index contributed by atoms with van der Waals surface area (Å²) in [6, 6.07) is 12.8. The predicted molar refractivity (Wildman–Crippen MR) is 300 cm³/mol. The molecule has 4 aliphatic rings. The number of aromatic nitrogens is 6. The molecule has 2 amide bonds. The first-order valence-electron chi connectivity index (χ1n) is 30.1. The quantitative estimate of drug-likeness (QED) is 0.0272. The number of aryl methyl sites for hydroxylation is 2. The lowest BCUT2D eigenvalue weighted by molar-refractivity contribution is -0.295. The molecule has 8 rings (SSSR count). The fraction of sp³-hybridized carbons (Fsp3) is 0.683. The summed E-state index contributed by atoms with van der Waals surface area (Å²) in [5.41, 5.74) is 2.36. The highest BCUT2D eigenvalue weighted by molar-refractivity contribution is 5.80. The lowest BCUT2D eigenvalue weighted by atomic mass is 9.40. The molecule has 4 aromatic rings. The second kappa shape index (κ2) is 33.5. The first-order valence-corrected chi connectivity index (χ1v) is 30.1. The number of ether oxygens (including phenoxy) is 9. The Labute approximate surface area is 490 Å². The number of benzene rings is 2. The van der Waals surface area contributed by atoms with Crippen LogP contribution in [0, 0.1) is 35.7 Å². The van der Waals surface area contributed by atoms with Crippen LogP contribution in [-0.2, 0) is 65.2 Å². The van der Waals surface area contributed by atoms with E-state index in [1.165, 1.54) is 12.8 Å². The van der Waals surface area contributed by atoms with Crippen LogP contribution in [-0.4, -0.2) is 183 Å². The number of hydrogen-bond acceptors (Lipinski definition) is 17. The first kappa shape index (κ1) is 64.6. The molecule has 3 heterocycles. The molecule has 1 spiro atoms. The first-order chi connectivity index (χ1) is 40.9. The summed E-state index contributed by atoms with van der Waals surface area (Å²) in [6.45, 7) is 13.9. The molecule has 1 saturated heterocycles. The number of rotatable bonds is 42. The third kappa shape index (κ3) is 18.3. The molecule has 3 saturated carbocycles. The summed E-state index contributed by atoms with van der Waals surface area (Å²) >= 11 is 0. The van der Waals surface area contributed by atoms with Gasteiger partial charge >= 0.3 is 5.97 Å². The van der Waals surface area contributed by atoms with Crippen molar-refractivity contribution in [3.05, 3.63) is 89.0 Å². The molecule has 24 heteroatoms. The van der Waals surface area contributed by atoms with Crippen LogP contribution in [0.4, 0.5) is 13.2 Å². The molecule has 2 aromatic carbocycles. The number of nitrogens with one attached hydrogen (secondary N) is 2. The van der Waals surface area contributed by atoms with Crippen molar-refractivity contribution in [1.29, 1.82) is 0 Å².